The molecular formula is C13H20NNaO2S. The van der Waals surface area contributed by atoms with E-state index in [1.54, 1.807) is 0 Å². The van der Waals surface area contributed by atoms with Crippen LogP contribution in [0.1, 0.15) is 12.5 Å². The van der Waals surface area contributed by atoms with Gasteiger partial charge in [0.15, 0.2) is 0 Å². The van der Waals surface area contributed by atoms with Gasteiger partial charge in [0.25, 0.3) is 0 Å². The third-order valence-corrected chi connectivity index (χ3v) is 3.31. The molecule has 0 aliphatic rings. The first kappa shape index (κ1) is 17.8. The molecule has 0 radical (unpaired) electrons. The zero-order valence-electron chi connectivity index (χ0n) is 10.3. The van der Waals surface area contributed by atoms with Crippen molar-refractivity contribution in [1.29, 1.82) is 0 Å². The summed E-state index contributed by atoms with van der Waals surface area (Å²) in [5.74, 6) is 1.24. The van der Waals surface area contributed by atoms with Crippen molar-refractivity contribution in [2.45, 2.75) is 13.8 Å². The Hall–Kier alpha value is -0.160. The Bertz CT molecular complexity index is 357. The fourth-order valence-electron chi connectivity index (χ4n) is 1.54. The molecule has 0 amide bonds. The second-order valence-corrected chi connectivity index (χ2v) is 5.24. The van der Waals surface area contributed by atoms with E-state index in [9.17, 15) is 4.79 Å². The Morgan fingerprint density at radius 2 is 1.94 bits per heavy atom. The molecule has 0 atom stereocenters. The Labute approximate surface area is 135 Å². The van der Waals surface area contributed by atoms with Crippen molar-refractivity contribution in [3.05, 3.63) is 29.8 Å². The van der Waals surface area contributed by atoms with Gasteiger partial charge in [0.2, 0.25) is 0 Å². The SMILES string of the molecule is CCSCCN(CC(=O)O)c1ccc(C)cc1.[NaH]. The molecule has 0 fully saturated rings. The van der Waals surface area contributed by atoms with Crippen molar-refractivity contribution in [1.82, 2.24) is 0 Å². The molecule has 0 saturated heterocycles. The van der Waals surface area contributed by atoms with Crippen molar-refractivity contribution in [3.8, 4) is 0 Å². The summed E-state index contributed by atoms with van der Waals surface area (Å²) in [5.41, 5.74) is 2.17. The molecule has 1 N–H and O–H groups in total. The van der Waals surface area contributed by atoms with Gasteiger partial charge in [0.1, 0.15) is 6.54 Å². The van der Waals surface area contributed by atoms with Crippen molar-refractivity contribution < 1.29 is 9.90 Å². The summed E-state index contributed by atoms with van der Waals surface area (Å²) in [7, 11) is 0. The quantitative estimate of drug-likeness (QED) is 0.611. The number of benzene rings is 1. The number of thioether (sulfide) groups is 1. The topological polar surface area (TPSA) is 40.5 Å². The van der Waals surface area contributed by atoms with Crippen LogP contribution >= 0.6 is 11.8 Å². The number of hydrogen-bond donors (Lipinski definition) is 1. The average molecular weight is 277 g/mol. The number of carbonyl (C=O) groups is 1. The first-order chi connectivity index (χ1) is 8.13. The monoisotopic (exact) mass is 277 g/mol. The number of aryl methyl sites for hydroxylation is 1. The third-order valence-electron chi connectivity index (χ3n) is 2.43. The number of aliphatic carboxylic acids is 1. The van der Waals surface area contributed by atoms with Gasteiger partial charge in [-0.1, -0.05) is 24.6 Å². The summed E-state index contributed by atoms with van der Waals surface area (Å²) < 4.78 is 0. The zero-order chi connectivity index (χ0) is 12.7. The molecule has 1 aromatic carbocycles. The van der Waals surface area contributed by atoms with E-state index < -0.39 is 5.97 Å². The van der Waals surface area contributed by atoms with Gasteiger partial charge in [-0.15, -0.1) is 0 Å². The van der Waals surface area contributed by atoms with E-state index in [4.69, 9.17) is 5.11 Å². The molecule has 18 heavy (non-hydrogen) atoms. The summed E-state index contributed by atoms with van der Waals surface area (Å²) in [4.78, 5) is 12.7. The number of carboxylic acid groups (broad SMARTS) is 1. The summed E-state index contributed by atoms with van der Waals surface area (Å²) in [6, 6.07) is 7.98. The van der Waals surface area contributed by atoms with Crippen molar-refractivity contribution >= 4 is 53.0 Å². The van der Waals surface area contributed by atoms with E-state index in [1.165, 1.54) is 5.56 Å². The van der Waals surface area contributed by atoms with Crippen LogP contribution in [0, 0.1) is 6.92 Å². The predicted octanol–water partition coefficient (Wildman–Crippen LogP) is 1.99. The van der Waals surface area contributed by atoms with Crippen LogP contribution in [0.3, 0.4) is 0 Å². The molecule has 1 rings (SSSR count). The van der Waals surface area contributed by atoms with E-state index in [0.717, 1.165) is 23.7 Å². The second-order valence-electron chi connectivity index (χ2n) is 3.85. The van der Waals surface area contributed by atoms with Crippen LogP contribution in [-0.2, 0) is 4.79 Å². The van der Waals surface area contributed by atoms with Crippen LogP contribution in [0.5, 0.6) is 0 Å². The molecule has 96 valence electrons. The Balaban J connectivity index is 0.00000289. The number of anilines is 1. The number of carboxylic acids is 1. The summed E-state index contributed by atoms with van der Waals surface area (Å²) in [5, 5.41) is 8.91. The minimum atomic E-state index is -0.785. The molecule has 0 aromatic heterocycles. The molecule has 0 heterocycles. The number of hydrogen-bond acceptors (Lipinski definition) is 3. The molecule has 0 spiro atoms. The van der Waals surface area contributed by atoms with Crippen LogP contribution < -0.4 is 4.90 Å². The van der Waals surface area contributed by atoms with Gasteiger partial charge in [-0.25, -0.2) is 0 Å². The van der Waals surface area contributed by atoms with Crippen LogP contribution in [0.4, 0.5) is 5.69 Å². The molecular weight excluding hydrogens is 257 g/mol. The van der Waals surface area contributed by atoms with E-state index in [-0.39, 0.29) is 36.1 Å². The van der Waals surface area contributed by atoms with E-state index in [0.29, 0.717) is 0 Å². The van der Waals surface area contributed by atoms with E-state index in [1.807, 2.05) is 47.9 Å². The zero-order valence-corrected chi connectivity index (χ0v) is 11.2. The van der Waals surface area contributed by atoms with Crippen molar-refractivity contribution in [2.75, 3.05) is 29.5 Å². The van der Waals surface area contributed by atoms with Crippen LogP contribution in [0.15, 0.2) is 24.3 Å². The fourth-order valence-corrected chi connectivity index (χ4v) is 2.18. The van der Waals surface area contributed by atoms with Gasteiger partial charge < -0.3 is 10.0 Å². The van der Waals surface area contributed by atoms with Gasteiger partial charge in [-0.05, 0) is 24.8 Å². The van der Waals surface area contributed by atoms with Gasteiger partial charge in [0, 0.05) is 18.0 Å². The first-order valence-corrected chi connectivity index (χ1v) is 6.90. The minimum absolute atomic E-state index is 0. The normalized spacial score (nSPS) is 9.67. The molecule has 0 saturated carbocycles. The van der Waals surface area contributed by atoms with Gasteiger partial charge in [-0.3, -0.25) is 4.79 Å². The summed E-state index contributed by atoms with van der Waals surface area (Å²) >= 11 is 1.83. The number of rotatable bonds is 7. The standard InChI is InChI=1S/C13H19NO2S.Na.H/c1-3-17-9-8-14(10-13(15)16)12-6-4-11(2)5-7-12;;/h4-7H,3,8-10H2,1-2H3,(H,15,16);;. The fraction of sp³-hybridized carbons (Fsp3) is 0.462. The van der Waals surface area contributed by atoms with Crippen LogP contribution in [0.25, 0.3) is 0 Å². The van der Waals surface area contributed by atoms with Crippen LogP contribution in [-0.4, -0.2) is 65.2 Å². The van der Waals surface area contributed by atoms with Gasteiger partial charge in [-0.2, -0.15) is 11.8 Å². The molecule has 3 nitrogen and oxygen atoms in total. The van der Waals surface area contributed by atoms with Crippen molar-refractivity contribution in [3.63, 3.8) is 0 Å². The molecule has 0 unspecified atom stereocenters. The van der Waals surface area contributed by atoms with E-state index in [2.05, 4.69) is 6.92 Å². The Kier molecular flexibility index (Phi) is 9.64. The maximum atomic E-state index is 10.8. The van der Waals surface area contributed by atoms with Gasteiger partial charge in [0.05, 0.1) is 0 Å². The third kappa shape index (κ3) is 6.69. The average Bonchev–Trinajstić information content (AvgIpc) is 2.28. The molecule has 1 aromatic rings. The van der Waals surface area contributed by atoms with Crippen molar-refractivity contribution in [2.24, 2.45) is 0 Å². The number of nitrogens with zero attached hydrogens (tertiary/aromatic N) is 1. The predicted molar refractivity (Wildman–Crippen MR) is 81.2 cm³/mol. The molecule has 0 aliphatic carbocycles. The van der Waals surface area contributed by atoms with E-state index >= 15 is 0 Å². The maximum absolute atomic E-state index is 10.8. The molecule has 0 bridgehead atoms. The Morgan fingerprint density at radius 3 is 2.44 bits per heavy atom. The Morgan fingerprint density at radius 1 is 1.33 bits per heavy atom. The molecule has 0 aliphatic heterocycles. The second kappa shape index (κ2) is 9.73. The molecule has 5 heteroatoms. The summed E-state index contributed by atoms with van der Waals surface area (Å²) in [6.45, 7) is 4.97. The van der Waals surface area contributed by atoms with Crippen LogP contribution in [0.2, 0.25) is 0 Å². The summed E-state index contributed by atoms with van der Waals surface area (Å²) in [6.07, 6.45) is 0. The van der Waals surface area contributed by atoms with Gasteiger partial charge >= 0.3 is 35.5 Å². The first-order valence-electron chi connectivity index (χ1n) is 5.74.